The van der Waals surface area contributed by atoms with Gasteiger partial charge in [-0.3, -0.25) is 5.32 Å². The molecule has 1 fully saturated rings. The number of unbranched alkanes of at least 4 members (excludes halogenated alkanes) is 2. The van der Waals surface area contributed by atoms with Crippen LogP contribution < -0.4 is 10.2 Å². The second-order valence-corrected chi connectivity index (χ2v) is 14.8. The highest BCUT2D eigenvalue weighted by Gasteiger charge is 2.41. The Labute approximate surface area is 267 Å². The molecule has 3 aromatic rings. The number of aromatic carboxylic acids is 1. The molecule has 12 heteroatoms. The quantitative estimate of drug-likeness (QED) is 0.222. The summed E-state index contributed by atoms with van der Waals surface area (Å²) < 4.78 is 35.3. The van der Waals surface area contributed by atoms with Crippen molar-refractivity contribution in [2.75, 3.05) is 30.4 Å². The molecule has 2 aliphatic rings. The van der Waals surface area contributed by atoms with Crippen molar-refractivity contribution in [3.8, 4) is 10.4 Å². The molecular weight excluding hydrogens is 622 g/mol. The summed E-state index contributed by atoms with van der Waals surface area (Å²) in [7, 11) is -2.31. The molecular formula is C32H38ClN3O6S2. The van der Waals surface area contributed by atoms with E-state index in [-0.39, 0.29) is 39.0 Å². The highest BCUT2D eigenvalue weighted by molar-refractivity contribution is 7.89. The molecule has 1 atom stereocenters. The Morgan fingerprint density at radius 3 is 2.50 bits per heavy atom. The van der Waals surface area contributed by atoms with Crippen molar-refractivity contribution in [2.45, 2.75) is 69.2 Å². The lowest BCUT2D eigenvalue weighted by Gasteiger charge is -2.36. The average Bonchev–Trinajstić information content (AvgIpc) is 3.40. The van der Waals surface area contributed by atoms with Crippen molar-refractivity contribution in [2.24, 2.45) is 5.92 Å². The number of carboxylic acid groups (broad SMARTS) is 1. The van der Waals surface area contributed by atoms with Gasteiger partial charge in [0.15, 0.2) is 0 Å². The normalized spacial score (nSPS) is 18.8. The van der Waals surface area contributed by atoms with Crippen molar-refractivity contribution in [3.63, 3.8) is 0 Å². The molecule has 0 radical (unpaired) electrons. The summed E-state index contributed by atoms with van der Waals surface area (Å²) in [6, 6.07) is 14.1. The van der Waals surface area contributed by atoms with Gasteiger partial charge in [0.05, 0.1) is 23.0 Å². The van der Waals surface area contributed by atoms with Crippen molar-refractivity contribution in [1.29, 1.82) is 0 Å². The van der Waals surface area contributed by atoms with Gasteiger partial charge >= 0.3 is 12.1 Å². The van der Waals surface area contributed by atoms with Gasteiger partial charge < -0.3 is 14.7 Å². The van der Waals surface area contributed by atoms with Gasteiger partial charge in [-0.25, -0.2) is 18.0 Å². The predicted octanol–water partition coefficient (Wildman–Crippen LogP) is 8.23. The van der Waals surface area contributed by atoms with E-state index in [4.69, 9.17) is 16.3 Å². The van der Waals surface area contributed by atoms with Gasteiger partial charge in [0.25, 0.3) is 0 Å². The first-order chi connectivity index (χ1) is 21.1. The van der Waals surface area contributed by atoms with Crippen molar-refractivity contribution in [1.82, 2.24) is 4.31 Å². The lowest BCUT2D eigenvalue weighted by atomic mass is 9.83. The molecule has 2 N–H and O–H groups in total. The lowest BCUT2D eigenvalue weighted by molar-refractivity contribution is 0.0703. The molecule has 1 aliphatic heterocycles. The first-order valence-electron chi connectivity index (χ1n) is 15.1. The number of likely N-dealkylation sites (N-methyl/N-ethyl adjacent to an activating group) is 1. The van der Waals surface area contributed by atoms with Crippen LogP contribution in [0.5, 0.6) is 0 Å². The third-order valence-electron chi connectivity index (χ3n) is 8.50. The average molecular weight is 660 g/mol. The number of rotatable bonds is 9. The number of anilines is 3. The minimum absolute atomic E-state index is 0.0623. The zero-order chi connectivity index (χ0) is 31.4. The lowest BCUT2D eigenvalue weighted by Crippen LogP contribution is -2.46. The summed E-state index contributed by atoms with van der Waals surface area (Å²) in [6.45, 7) is 2.74. The maximum absolute atomic E-state index is 14.3. The van der Waals surface area contributed by atoms with Crippen LogP contribution in [0.4, 0.5) is 21.9 Å². The summed E-state index contributed by atoms with van der Waals surface area (Å²) in [4.78, 5) is 27.0. The van der Waals surface area contributed by atoms with Gasteiger partial charge in [0.2, 0.25) is 10.0 Å². The number of para-hydroxylation sites is 1. The summed E-state index contributed by atoms with van der Waals surface area (Å²) in [6.07, 6.45) is 7.10. The fraction of sp³-hybridized carbons (Fsp3) is 0.438. The van der Waals surface area contributed by atoms with Crippen molar-refractivity contribution >= 4 is 62.1 Å². The number of benzene rings is 2. The van der Waals surface area contributed by atoms with E-state index in [1.165, 1.54) is 16.4 Å². The monoisotopic (exact) mass is 659 g/mol. The summed E-state index contributed by atoms with van der Waals surface area (Å²) in [5.41, 5.74) is 1.76. The number of nitrogens with zero attached hydrogens (tertiary/aromatic N) is 2. The minimum Gasteiger partial charge on any atom is -0.477 e. The van der Waals surface area contributed by atoms with Crippen molar-refractivity contribution in [3.05, 3.63) is 58.4 Å². The molecule has 0 unspecified atom stereocenters. The van der Waals surface area contributed by atoms with E-state index in [2.05, 4.69) is 5.32 Å². The van der Waals surface area contributed by atoms with Crippen LogP contribution in [-0.2, 0) is 14.8 Å². The van der Waals surface area contributed by atoms with Crippen LogP contribution in [0.3, 0.4) is 0 Å². The first kappa shape index (κ1) is 32.3. The number of amides is 1. The number of fused-ring (bicyclic) bond motifs is 1. The van der Waals surface area contributed by atoms with E-state index in [1.807, 2.05) is 42.2 Å². The highest BCUT2D eigenvalue weighted by Crippen LogP contribution is 2.46. The molecule has 0 saturated heterocycles. The Kier molecular flexibility index (Phi) is 10.2. The van der Waals surface area contributed by atoms with Crippen LogP contribution in [-0.4, -0.2) is 56.1 Å². The highest BCUT2D eigenvalue weighted by atomic mass is 35.5. The molecule has 2 heterocycles. The Morgan fingerprint density at radius 2 is 1.82 bits per heavy atom. The number of carbonyl (C=O) groups is 2. The summed E-state index contributed by atoms with van der Waals surface area (Å²) in [5.74, 6) is -1.00. The molecule has 1 aromatic heterocycles. The number of carboxylic acids is 1. The molecule has 9 nitrogen and oxygen atoms in total. The summed E-state index contributed by atoms with van der Waals surface area (Å²) >= 11 is 7.78. The molecule has 1 saturated carbocycles. The fourth-order valence-electron chi connectivity index (χ4n) is 6.14. The molecule has 5 rings (SSSR count). The molecule has 1 amide bonds. The predicted molar refractivity (Wildman–Crippen MR) is 175 cm³/mol. The van der Waals surface area contributed by atoms with E-state index in [0.29, 0.717) is 29.1 Å². The number of thiophene rings is 1. The fourth-order valence-corrected chi connectivity index (χ4v) is 9.04. The largest absolute Gasteiger partial charge is 0.477 e. The maximum Gasteiger partial charge on any atom is 0.411 e. The van der Waals surface area contributed by atoms with Crippen LogP contribution >= 0.6 is 22.9 Å². The minimum atomic E-state index is -3.97. The van der Waals surface area contributed by atoms with Crippen LogP contribution in [0, 0.1) is 5.92 Å². The summed E-state index contributed by atoms with van der Waals surface area (Å²) in [5, 5.41) is 12.7. The zero-order valence-electron chi connectivity index (χ0n) is 24.9. The van der Waals surface area contributed by atoms with Crippen LogP contribution in [0.25, 0.3) is 10.4 Å². The van der Waals surface area contributed by atoms with Gasteiger partial charge in [-0.1, -0.05) is 68.8 Å². The van der Waals surface area contributed by atoms with E-state index >= 15 is 0 Å². The number of sulfonamides is 1. The first-order valence-corrected chi connectivity index (χ1v) is 17.7. The SMILES string of the molecule is CCCCCOC(=O)Nc1cc(-c2cc3c(cc2Cl)N(c2ccccc2)C[C@@H](C2CCCCC2)N(C)S3(=O)=O)sc1C(=O)O. The standard InChI is InChI=1S/C32H38ClN3O6S2/c1-3-4-11-16-42-32(39)34-25-19-28(43-30(25)31(37)38)23-17-29-26(18-24(23)33)36(22-14-9-6-10-15-22)20-27(35(2)44(29,40)41)21-12-7-5-8-13-21/h6,9-10,14-15,17-19,21,27H,3-5,7-8,11-13,16,20H2,1-2H3,(H,34,39)(H,37,38)/t27-/m0/s1. The molecule has 2 aromatic carbocycles. The Hall–Kier alpha value is -3.12. The van der Waals surface area contributed by atoms with Gasteiger partial charge in [-0.05, 0) is 55.5 Å². The molecule has 0 bridgehead atoms. The number of nitrogens with one attached hydrogen (secondary N) is 1. The Bertz CT molecular complexity index is 1610. The smallest absolute Gasteiger partial charge is 0.411 e. The van der Waals surface area contributed by atoms with Crippen LogP contribution in [0.1, 0.15) is 68.0 Å². The number of hydrogen-bond donors (Lipinski definition) is 2. The number of hydrogen-bond acceptors (Lipinski definition) is 7. The van der Waals surface area contributed by atoms with Crippen LogP contribution in [0.15, 0.2) is 53.4 Å². The van der Waals surface area contributed by atoms with E-state index in [1.54, 1.807) is 13.1 Å². The zero-order valence-corrected chi connectivity index (χ0v) is 27.3. The van der Waals surface area contributed by atoms with Crippen molar-refractivity contribution < 1.29 is 27.9 Å². The van der Waals surface area contributed by atoms with Gasteiger partial charge in [0, 0.05) is 35.8 Å². The molecule has 236 valence electrons. The second kappa shape index (κ2) is 13.9. The van der Waals surface area contributed by atoms with Gasteiger partial charge in [0.1, 0.15) is 9.77 Å². The van der Waals surface area contributed by atoms with Gasteiger partial charge in [-0.2, -0.15) is 4.31 Å². The van der Waals surface area contributed by atoms with Gasteiger partial charge in [-0.15, -0.1) is 11.3 Å². The third-order valence-corrected chi connectivity index (χ3v) is 11.9. The topological polar surface area (TPSA) is 116 Å². The molecule has 1 aliphatic carbocycles. The number of carbonyl (C=O) groups excluding carboxylic acids is 1. The Morgan fingerprint density at radius 1 is 1.09 bits per heavy atom. The molecule has 0 spiro atoms. The van der Waals surface area contributed by atoms with E-state index in [0.717, 1.165) is 62.0 Å². The van der Waals surface area contributed by atoms with E-state index in [9.17, 15) is 23.1 Å². The number of halogens is 1. The number of ether oxygens (including phenoxy) is 1. The maximum atomic E-state index is 14.3. The molecule has 44 heavy (non-hydrogen) atoms. The third kappa shape index (κ3) is 6.75. The van der Waals surface area contributed by atoms with E-state index < -0.39 is 22.1 Å². The Balaban J connectivity index is 1.57. The van der Waals surface area contributed by atoms with Crippen LogP contribution in [0.2, 0.25) is 5.02 Å². The second-order valence-electron chi connectivity index (χ2n) is 11.4.